The third-order valence-electron chi connectivity index (χ3n) is 14.5. The molecule has 0 aromatic heterocycles. The van der Waals surface area contributed by atoms with E-state index in [4.69, 9.17) is 40.0 Å². The average Bonchev–Trinajstić information content (AvgIpc) is 3.86. The number of benzene rings is 1. The van der Waals surface area contributed by atoms with Gasteiger partial charge in [0.15, 0.2) is 11.9 Å². The zero-order valence-electron chi connectivity index (χ0n) is 38.6. The van der Waals surface area contributed by atoms with Crippen molar-refractivity contribution in [2.45, 2.75) is 187 Å². The van der Waals surface area contributed by atoms with Crippen molar-refractivity contribution in [2.75, 3.05) is 20.7 Å². The summed E-state index contributed by atoms with van der Waals surface area (Å²) in [4.78, 5) is 61.2. The molecule has 1 aromatic rings. The van der Waals surface area contributed by atoms with Crippen LogP contribution in [0.25, 0.3) is 0 Å². The summed E-state index contributed by atoms with van der Waals surface area (Å²) >= 11 is 6.16. The highest BCUT2D eigenvalue weighted by Crippen LogP contribution is 2.44. The van der Waals surface area contributed by atoms with Gasteiger partial charge in [0.1, 0.15) is 24.1 Å². The van der Waals surface area contributed by atoms with E-state index in [0.29, 0.717) is 30.7 Å². The highest BCUT2D eigenvalue weighted by atomic mass is 35.5. The number of carbonyl (C=O) groups is 4. The van der Waals surface area contributed by atoms with Gasteiger partial charge in [-0.05, 0) is 105 Å². The summed E-state index contributed by atoms with van der Waals surface area (Å²) in [5, 5.41) is 12.5. The van der Waals surface area contributed by atoms with Crippen molar-refractivity contribution in [1.82, 2.24) is 9.80 Å². The molecule has 13 nitrogen and oxygen atoms in total. The minimum absolute atomic E-state index is 0.130. The zero-order chi connectivity index (χ0) is 45.1. The number of Topliss-reactive ketones (excluding diaryl/α,β-unsaturated/α-hetero) is 1. The number of methoxy groups -OCH3 is 1. The standard InChI is InChI=1S/C47H73ClN2O11/c1-13-36-47(10)40(50(45(55)61-47)23-22-32-18-20-34(48)21-19-32)29(6)37(51)27(4)25-46(9,56-12)41(60-44-38(52)35(24-28(5)57-44)49(11)26(2)3)30(7)39(31(8)42(53)58-36)59-43(54)33-16-14-15-17-33/h18-21,26-31,33,35-36,38-41,44,52H,13-17,22-25H2,1-12H3/t27-,28-,29+,30+,31-,35+,36-,38-,39+,40-,41-,44?,46+,47-/m1/s1. The number of esters is 2. The predicted octanol–water partition coefficient (Wildman–Crippen LogP) is 7.40. The number of ether oxygens (including phenoxy) is 6. The maximum Gasteiger partial charge on any atom is 0.410 e. The Bertz CT molecular complexity index is 1670. The minimum Gasteiger partial charge on any atom is -0.461 e. The number of likely N-dealkylation sites (N-methyl/N-ethyl adjacent to an activating group) is 1. The number of amides is 1. The van der Waals surface area contributed by atoms with Gasteiger partial charge >= 0.3 is 18.0 Å². The second-order valence-electron chi connectivity index (χ2n) is 19.2. The Morgan fingerprint density at radius 3 is 2.26 bits per heavy atom. The monoisotopic (exact) mass is 876 g/mol. The Morgan fingerprint density at radius 1 is 1.03 bits per heavy atom. The van der Waals surface area contributed by atoms with E-state index in [-0.39, 0.29) is 49.3 Å². The first-order valence-electron chi connectivity index (χ1n) is 22.6. The molecule has 61 heavy (non-hydrogen) atoms. The van der Waals surface area contributed by atoms with E-state index in [2.05, 4.69) is 18.7 Å². The molecule has 3 heterocycles. The molecule has 0 radical (unpaired) electrons. The number of ketones is 1. The molecule has 4 aliphatic rings. The fourth-order valence-electron chi connectivity index (χ4n) is 10.6. The number of halogens is 1. The number of aliphatic hydroxyl groups excluding tert-OH is 1. The number of rotatable bonds is 11. The lowest BCUT2D eigenvalue weighted by Gasteiger charge is -2.49. The highest BCUT2D eigenvalue weighted by Gasteiger charge is 2.60. The number of hydrogen-bond donors (Lipinski definition) is 1. The van der Waals surface area contributed by atoms with E-state index in [1.165, 1.54) is 0 Å². The van der Waals surface area contributed by atoms with Crippen molar-refractivity contribution in [2.24, 2.45) is 29.6 Å². The maximum absolute atomic E-state index is 14.9. The summed E-state index contributed by atoms with van der Waals surface area (Å²) in [5.41, 5.74) is -1.72. The van der Waals surface area contributed by atoms with Crippen LogP contribution in [0.4, 0.5) is 4.79 Å². The molecule has 1 N–H and O–H groups in total. The fraction of sp³-hybridized carbons (Fsp3) is 0.787. The Morgan fingerprint density at radius 2 is 1.67 bits per heavy atom. The molecule has 14 heteroatoms. The molecular formula is C47H73ClN2O11. The van der Waals surface area contributed by atoms with Gasteiger partial charge in [-0.3, -0.25) is 24.2 Å². The Kier molecular flexibility index (Phi) is 16.4. The first kappa shape index (κ1) is 49.2. The Hall–Kier alpha value is -2.81. The molecular weight excluding hydrogens is 804 g/mol. The Balaban J connectivity index is 1.60. The van der Waals surface area contributed by atoms with Gasteiger partial charge in [0.05, 0.1) is 35.7 Å². The van der Waals surface area contributed by atoms with E-state index in [1.54, 1.807) is 44.9 Å². The lowest BCUT2D eigenvalue weighted by molar-refractivity contribution is -0.303. The summed E-state index contributed by atoms with van der Waals surface area (Å²) in [6.07, 6.45) is -1.40. The summed E-state index contributed by atoms with van der Waals surface area (Å²) < 4.78 is 38.8. The lowest BCUT2D eigenvalue weighted by Crippen LogP contribution is -2.61. The second kappa shape index (κ2) is 20.4. The van der Waals surface area contributed by atoms with Crippen molar-refractivity contribution in [3.8, 4) is 0 Å². The third kappa shape index (κ3) is 10.6. The summed E-state index contributed by atoms with van der Waals surface area (Å²) in [5.74, 6) is -4.67. The van der Waals surface area contributed by atoms with E-state index in [9.17, 15) is 24.3 Å². The van der Waals surface area contributed by atoms with E-state index in [0.717, 1.165) is 18.4 Å². The molecule has 1 saturated carbocycles. The topological polar surface area (TPSA) is 150 Å². The van der Waals surface area contributed by atoms with Gasteiger partial charge in [0.25, 0.3) is 0 Å². The minimum atomic E-state index is -1.41. The van der Waals surface area contributed by atoms with Crippen molar-refractivity contribution in [1.29, 1.82) is 0 Å². The van der Waals surface area contributed by atoms with Crippen LogP contribution in [-0.4, -0.2) is 126 Å². The maximum atomic E-state index is 14.9. The Labute approximate surface area is 368 Å². The fourth-order valence-corrected chi connectivity index (χ4v) is 10.8. The third-order valence-corrected chi connectivity index (χ3v) is 14.8. The largest absolute Gasteiger partial charge is 0.461 e. The van der Waals surface area contributed by atoms with Crippen molar-refractivity contribution in [3.05, 3.63) is 34.9 Å². The van der Waals surface area contributed by atoms with Crippen LogP contribution < -0.4 is 0 Å². The smallest absolute Gasteiger partial charge is 0.410 e. The molecule has 1 amide bonds. The van der Waals surface area contributed by atoms with Crippen molar-refractivity contribution >= 4 is 35.4 Å². The number of hydrogen-bond acceptors (Lipinski definition) is 12. The molecule has 3 saturated heterocycles. The van der Waals surface area contributed by atoms with Gasteiger partial charge in [-0.1, -0.05) is 64.3 Å². The van der Waals surface area contributed by atoms with Crippen LogP contribution in [0.1, 0.15) is 120 Å². The number of aliphatic hydroxyl groups is 1. The molecule has 1 aliphatic carbocycles. The summed E-state index contributed by atoms with van der Waals surface area (Å²) in [7, 11) is 3.51. The van der Waals surface area contributed by atoms with Crippen molar-refractivity contribution in [3.63, 3.8) is 0 Å². The van der Waals surface area contributed by atoms with Crippen LogP contribution in [0, 0.1) is 29.6 Å². The van der Waals surface area contributed by atoms with Crippen LogP contribution in [0.2, 0.25) is 5.02 Å². The number of fused-ring (bicyclic) bond motifs is 1. The molecule has 0 spiro atoms. The van der Waals surface area contributed by atoms with Crippen LogP contribution in [0.3, 0.4) is 0 Å². The van der Waals surface area contributed by atoms with E-state index >= 15 is 0 Å². The number of cyclic esters (lactones) is 1. The molecule has 1 unspecified atom stereocenters. The first-order valence-corrected chi connectivity index (χ1v) is 23.0. The number of nitrogens with zero attached hydrogens (tertiary/aromatic N) is 2. The molecule has 3 aliphatic heterocycles. The molecule has 344 valence electrons. The molecule has 1 aromatic carbocycles. The van der Waals surface area contributed by atoms with Gasteiger partial charge in [-0.15, -0.1) is 0 Å². The van der Waals surface area contributed by atoms with Crippen LogP contribution in [0.5, 0.6) is 0 Å². The van der Waals surface area contributed by atoms with E-state index < -0.39 is 89.7 Å². The molecule has 0 bridgehead atoms. The average molecular weight is 878 g/mol. The SMILES string of the molecule is CC[C@H]1OC(=O)[C@H](C)[C@@H](OC(=O)C2CCCC2)[C@H](C)[C@@H](OC2O[C@H](C)C[C@H](N(C)C(C)C)[C@H]2O)[C@@](C)(OC)C[C@@H](C)C(=O)[C@H](C)[C@H]2N(CCc3ccc(Cl)cc3)C(=O)O[C@]12C. The zero-order valence-corrected chi connectivity index (χ0v) is 39.3. The van der Waals surface area contributed by atoms with Gasteiger partial charge in [-0.25, -0.2) is 4.79 Å². The molecule has 14 atom stereocenters. The first-order chi connectivity index (χ1) is 28.7. The van der Waals surface area contributed by atoms with Crippen LogP contribution in [0.15, 0.2) is 24.3 Å². The molecule has 5 rings (SSSR count). The van der Waals surface area contributed by atoms with Gasteiger partial charge in [0, 0.05) is 48.5 Å². The van der Waals surface area contributed by atoms with Crippen LogP contribution >= 0.6 is 11.6 Å². The highest BCUT2D eigenvalue weighted by molar-refractivity contribution is 6.30. The van der Waals surface area contributed by atoms with E-state index in [1.807, 2.05) is 53.8 Å². The lowest BCUT2D eigenvalue weighted by atomic mass is 9.73. The van der Waals surface area contributed by atoms with Gasteiger partial charge in [0.2, 0.25) is 0 Å². The number of carbonyl (C=O) groups excluding carboxylic acids is 4. The van der Waals surface area contributed by atoms with Crippen molar-refractivity contribution < 1.29 is 52.7 Å². The normalized spacial score (nSPS) is 38.3. The second-order valence-corrected chi connectivity index (χ2v) is 19.6. The van der Waals surface area contributed by atoms with Crippen LogP contribution in [-0.2, 0) is 49.2 Å². The summed E-state index contributed by atoms with van der Waals surface area (Å²) in [6.45, 7) is 18.9. The quantitative estimate of drug-likeness (QED) is 0.174. The van der Waals surface area contributed by atoms with Gasteiger partial charge < -0.3 is 33.5 Å². The summed E-state index contributed by atoms with van der Waals surface area (Å²) in [6, 6.07) is 6.41. The molecule has 4 fully saturated rings. The predicted molar refractivity (Wildman–Crippen MR) is 231 cm³/mol. The van der Waals surface area contributed by atoms with Gasteiger partial charge in [-0.2, -0.15) is 0 Å².